The maximum Gasteiger partial charge on any atom is 0.136 e. The van der Waals surface area contributed by atoms with Crippen LogP contribution >= 0.6 is 0 Å². The van der Waals surface area contributed by atoms with Gasteiger partial charge in [0.05, 0.1) is 11.0 Å². The van der Waals surface area contributed by atoms with E-state index >= 15 is 0 Å². The van der Waals surface area contributed by atoms with Gasteiger partial charge in [0, 0.05) is 0 Å². The zero-order valence-corrected chi connectivity index (χ0v) is 9.62. The van der Waals surface area contributed by atoms with Gasteiger partial charge in [-0.15, -0.1) is 0 Å². The molecule has 4 N–H and O–H groups in total. The molecule has 1 heterocycles. The lowest BCUT2D eigenvalue weighted by Crippen LogP contribution is -2.07. The molecule has 0 saturated heterocycles. The van der Waals surface area contributed by atoms with Gasteiger partial charge >= 0.3 is 0 Å². The van der Waals surface area contributed by atoms with Gasteiger partial charge in [0.2, 0.25) is 0 Å². The molecule has 0 bridgehead atoms. The largest absolute Gasteiger partial charge is 0.385 e. The van der Waals surface area contributed by atoms with Gasteiger partial charge in [-0.25, -0.2) is 4.98 Å². The van der Waals surface area contributed by atoms with Crippen LogP contribution in [0, 0.1) is 13.8 Å². The van der Waals surface area contributed by atoms with Crippen molar-refractivity contribution in [1.82, 2.24) is 9.97 Å². The fraction of sp³-hybridized carbons (Fsp3) is 0.417. The molecular formula is C12H17N3O. The van der Waals surface area contributed by atoms with E-state index in [1.165, 1.54) is 11.1 Å². The molecule has 1 aromatic carbocycles. The maximum atomic E-state index is 9.79. The van der Waals surface area contributed by atoms with E-state index in [1.54, 1.807) is 0 Å². The van der Waals surface area contributed by atoms with E-state index in [0.29, 0.717) is 18.8 Å². The van der Waals surface area contributed by atoms with Gasteiger partial charge in [-0.3, -0.25) is 0 Å². The van der Waals surface area contributed by atoms with E-state index in [1.807, 2.05) is 6.07 Å². The van der Waals surface area contributed by atoms with Crippen molar-refractivity contribution in [2.45, 2.75) is 26.4 Å². The van der Waals surface area contributed by atoms with Crippen molar-refractivity contribution in [2.75, 3.05) is 6.54 Å². The monoisotopic (exact) mass is 219 g/mol. The summed E-state index contributed by atoms with van der Waals surface area (Å²) in [6.07, 6.45) is -0.0735. The van der Waals surface area contributed by atoms with Crippen LogP contribution in [0.15, 0.2) is 12.1 Å². The summed E-state index contributed by atoms with van der Waals surface area (Å²) in [5.74, 6) is 0.602. The second-order valence-corrected chi connectivity index (χ2v) is 4.17. The first kappa shape index (κ1) is 11.1. The molecule has 4 nitrogen and oxygen atoms in total. The highest BCUT2D eigenvalue weighted by atomic mass is 16.3. The average Bonchev–Trinajstić information content (AvgIpc) is 2.62. The number of nitrogens with one attached hydrogen (secondary N) is 1. The van der Waals surface area contributed by atoms with Crippen molar-refractivity contribution < 1.29 is 5.11 Å². The van der Waals surface area contributed by atoms with Crippen molar-refractivity contribution in [3.8, 4) is 0 Å². The Morgan fingerprint density at radius 2 is 2.06 bits per heavy atom. The van der Waals surface area contributed by atoms with Crippen LogP contribution in [0.4, 0.5) is 0 Å². The molecule has 1 aromatic heterocycles. The minimum atomic E-state index is -0.599. The average molecular weight is 219 g/mol. The van der Waals surface area contributed by atoms with Crippen LogP contribution in [0.1, 0.15) is 29.5 Å². The van der Waals surface area contributed by atoms with Crippen LogP contribution in [0.25, 0.3) is 11.0 Å². The number of hydrogen-bond donors (Lipinski definition) is 3. The molecule has 86 valence electrons. The van der Waals surface area contributed by atoms with Gasteiger partial charge in [0.15, 0.2) is 0 Å². The molecule has 2 aromatic rings. The number of aliphatic hydroxyl groups excluding tert-OH is 1. The van der Waals surface area contributed by atoms with E-state index in [9.17, 15) is 5.11 Å². The van der Waals surface area contributed by atoms with Crippen molar-refractivity contribution in [2.24, 2.45) is 5.73 Å². The summed E-state index contributed by atoms with van der Waals surface area (Å²) in [4.78, 5) is 7.50. The third kappa shape index (κ3) is 1.94. The Morgan fingerprint density at radius 3 is 2.75 bits per heavy atom. The normalized spacial score (nSPS) is 13.2. The van der Waals surface area contributed by atoms with E-state index in [2.05, 4.69) is 29.9 Å². The van der Waals surface area contributed by atoms with Gasteiger partial charge in [-0.2, -0.15) is 0 Å². The summed E-state index contributed by atoms with van der Waals surface area (Å²) in [6, 6.07) is 4.08. The van der Waals surface area contributed by atoms with Crippen molar-refractivity contribution in [3.05, 3.63) is 29.1 Å². The lowest BCUT2D eigenvalue weighted by Gasteiger charge is -2.03. The number of nitrogens with zero attached hydrogens (tertiary/aromatic N) is 1. The van der Waals surface area contributed by atoms with Crippen LogP contribution in [0.5, 0.6) is 0 Å². The lowest BCUT2D eigenvalue weighted by atomic mass is 10.1. The van der Waals surface area contributed by atoms with E-state index in [-0.39, 0.29) is 0 Å². The molecule has 0 aliphatic carbocycles. The highest BCUT2D eigenvalue weighted by Gasteiger charge is 2.12. The molecule has 2 rings (SSSR count). The van der Waals surface area contributed by atoms with E-state index in [0.717, 1.165) is 11.0 Å². The first-order valence-corrected chi connectivity index (χ1v) is 5.47. The molecule has 1 unspecified atom stereocenters. The molecule has 0 aliphatic heterocycles. The van der Waals surface area contributed by atoms with Crippen molar-refractivity contribution in [3.63, 3.8) is 0 Å². The molecular weight excluding hydrogens is 202 g/mol. The Labute approximate surface area is 94.5 Å². The standard InChI is InChI=1S/C12H17N3O/c1-7-5-9-10(6-8(7)2)15-12(14-9)11(16)3-4-13/h5-6,11,16H,3-4,13H2,1-2H3,(H,14,15). The van der Waals surface area contributed by atoms with Gasteiger partial charge in [0.25, 0.3) is 0 Å². The van der Waals surface area contributed by atoms with E-state index in [4.69, 9.17) is 5.73 Å². The van der Waals surface area contributed by atoms with Gasteiger partial charge in [-0.1, -0.05) is 0 Å². The fourth-order valence-corrected chi connectivity index (χ4v) is 1.74. The number of H-pyrrole nitrogens is 1. The number of hydrogen-bond acceptors (Lipinski definition) is 3. The lowest BCUT2D eigenvalue weighted by molar-refractivity contribution is 0.162. The van der Waals surface area contributed by atoms with Crippen LogP contribution in [0.2, 0.25) is 0 Å². The highest BCUT2D eigenvalue weighted by Crippen LogP contribution is 2.21. The number of aryl methyl sites for hydroxylation is 2. The number of aromatic nitrogens is 2. The summed E-state index contributed by atoms with van der Waals surface area (Å²) in [6.45, 7) is 4.57. The smallest absolute Gasteiger partial charge is 0.136 e. The summed E-state index contributed by atoms with van der Waals surface area (Å²) < 4.78 is 0. The zero-order valence-electron chi connectivity index (χ0n) is 9.62. The van der Waals surface area contributed by atoms with Crippen molar-refractivity contribution >= 4 is 11.0 Å². The van der Waals surface area contributed by atoms with Crippen LogP contribution in [-0.2, 0) is 0 Å². The topological polar surface area (TPSA) is 74.9 Å². The summed E-state index contributed by atoms with van der Waals surface area (Å²) in [5, 5.41) is 9.79. The number of benzene rings is 1. The number of nitrogens with two attached hydrogens (primary N) is 1. The molecule has 1 atom stereocenters. The van der Waals surface area contributed by atoms with Gasteiger partial charge in [-0.05, 0) is 50.1 Å². The van der Waals surface area contributed by atoms with Gasteiger partial charge in [0.1, 0.15) is 11.9 Å². The third-order valence-corrected chi connectivity index (χ3v) is 2.87. The Hall–Kier alpha value is -1.39. The predicted molar refractivity (Wildman–Crippen MR) is 64.2 cm³/mol. The number of rotatable bonds is 3. The van der Waals surface area contributed by atoms with Crippen LogP contribution in [-0.4, -0.2) is 21.6 Å². The molecule has 16 heavy (non-hydrogen) atoms. The Kier molecular flexibility index (Phi) is 2.94. The summed E-state index contributed by atoms with van der Waals surface area (Å²) >= 11 is 0. The SMILES string of the molecule is Cc1cc2nc(C(O)CCN)[nH]c2cc1C. The minimum Gasteiger partial charge on any atom is -0.385 e. The van der Waals surface area contributed by atoms with Gasteiger partial charge < -0.3 is 15.8 Å². The van der Waals surface area contributed by atoms with Crippen LogP contribution < -0.4 is 5.73 Å². The first-order chi connectivity index (χ1) is 7.61. The first-order valence-electron chi connectivity index (χ1n) is 5.47. The molecule has 4 heteroatoms. The summed E-state index contributed by atoms with van der Waals surface area (Å²) in [5.41, 5.74) is 9.70. The van der Waals surface area contributed by atoms with Crippen molar-refractivity contribution in [1.29, 1.82) is 0 Å². The maximum absolute atomic E-state index is 9.79. The second kappa shape index (κ2) is 4.23. The summed E-state index contributed by atoms with van der Waals surface area (Å²) in [7, 11) is 0. The molecule has 0 saturated carbocycles. The molecule has 0 aliphatic rings. The molecule has 0 spiro atoms. The fourth-order valence-electron chi connectivity index (χ4n) is 1.74. The number of imidazole rings is 1. The third-order valence-electron chi connectivity index (χ3n) is 2.87. The molecule has 0 fully saturated rings. The zero-order chi connectivity index (χ0) is 11.7. The quantitative estimate of drug-likeness (QED) is 0.733. The minimum absolute atomic E-state index is 0.455. The predicted octanol–water partition coefficient (Wildman–Crippen LogP) is 1.56. The van der Waals surface area contributed by atoms with E-state index < -0.39 is 6.10 Å². The highest BCUT2D eigenvalue weighted by molar-refractivity contribution is 5.77. The second-order valence-electron chi connectivity index (χ2n) is 4.17. The number of aliphatic hydroxyl groups is 1. The number of fused-ring (bicyclic) bond motifs is 1. The van der Waals surface area contributed by atoms with Crippen LogP contribution in [0.3, 0.4) is 0 Å². The molecule has 0 amide bonds. The Bertz CT molecular complexity index is 465. The Balaban J connectivity index is 2.43. The molecule has 0 radical (unpaired) electrons. The number of aromatic amines is 1. The Morgan fingerprint density at radius 1 is 1.38 bits per heavy atom.